The lowest BCUT2D eigenvalue weighted by Gasteiger charge is -2.11. The molecule has 3 heteroatoms. The molecule has 0 fully saturated rings. The summed E-state index contributed by atoms with van der Waals surface area (Å²) in [4.78, 5) is 11.1. The van der Waals surface area contributed by atoms with Gasteiger partial charge in [0.25, 0.3) is 0 Å². The van der Waals surface area contributed by atoms with Gasteiger partial charge >= 0.3 is 6.03 Å². The SMILES string of the molecule is C#CC(CC)NC(=O)NCCCC. The monoisotopic (exact) mass is 182 g/mol. The van der Waals surface area contributed by atoms with E-state index >= 15 is 0 Å². The molecule has 0 bridgehead atoms. The third-order valence-corrected chi connectivity index (χ3v) is 1.73. The Balaban J connectivity index is 3.56. The minimum atomic E-state index is -0.168. The third-order valence-electron chi connectivity index (χ3n) is 1.73. The van der Waals surface area contributed by atoms with Gasteiger partial charge in [0.1, 0.15) is 0 Å². The maximum Gasteiger partial charge on any atom is 0.315 e. The Labute approximate surface area is 80.3 Å². The van der Waals surface area contributed by atoms with E-state index in [2.05, 4.69) is 23.5 Å². The van der Waals surface area contributed by atoms with Crippen LogP contribution in [0.4, 0.5) is 4.79 Å². The first kappa shape index (κ1) is 11.8. The van der Waals surface area contributed by atoms with E-state index in [1.54, 1.807) is 0 Å². The van der Waals surface area contributed by atoms with Crippen LogP contribution in [0.5, 0.6) is 0 Å². The number of hydrogen-bond donors (Lipinski definition) is 2. The van der Waals surface area contributed by atoms with E-state index in [0.29, 0.717) is 6.54 Å². The molecule has 0 spiro atoms. The molecule has 3 nitrogen and oxygen atoms in total. The standard InChI is InChI=1S/C10H18N2O/c1-4-7-8-11-10(13)12-9(5-2)6-3/h2,9H,4,6-8H2,1,3H3,(H2,11,12,13). The van der Waals surface area contributed by atoms with Crippen LogP contribution in [-0.2, 0) is 0 Å². The second-order valence-electron chi connectivity index (χ2n) is 2.88. The molecule has 0 aliphatic heterocycles. The molecule has 13 heavy (non-hydrogen) atoms. The largest absolute Gasteiger partial charge is 0.338 e. The number of rotatable bonds is 5. The third kappa shape index (κ3) is 6.03. The van der Waals surface area contributed by atoms with Gasteiger partial charge in [0, 0.05) is 6.54 Å². The molecule has 0 saturated heterocycles. The van der Waals surface area contributed by atoms with Gasteiger partial charge in [0.05, 0.1) is 6.04 Å². The van der Waals surface area contributed by atoms with Crippen molar-refractivity contribution < 1.29 is 4.79 Å². The highest BCUT2D eigenvalue weighted by atomic mass is 16.2. The molecule has 0 aliphatic rings. The molecule has 0 saturated carbocycles. The first-order valence-electron chi connectivity index (χ1n) is 4.75. The first-order valence-corrected chi connectivity index (χ1v) is 4.75. The van der Waals surface area contributed by atoms with E-state index in [1.165, 1.54) is 0 Å². The predicted molar refractivity (Wildman–Crippen MR) is 54.4 cm³/mol. The highest BCUT2D eigenvalue weighted by Crippen LogP contribution is 1.87. The molecule has 0 aliphatic carbocycles. The Kier molecular flexibility index (Phi) is 6.80. The van der Waals surface area contributed by atoms with Crippen LogP contribution in [-0.4, -0.2) is 18.6 Å². The quantitative estimate of drug-likeness (QED) is 0.491. The molecule has 0 aromatic carbocycles. The number of nitrogens with one attached hydrogen (secondary N) is 2. The van der Waals surface area contributed by atoms with Crippen molar-refractivity contribution in [3.8, 4) is 12.3 Å². The van der Waals surface area contributed by atoms with Crippen LogP contribution < -0.4 is 10.6 Å². The van der Waals surface area contributed by atoms with Crippen molar-refractivity contribution in [2.24, 2.45) is 0 Å². The van der Waals surface area contributed by atoms with E-state index in [9.17, 15) is 4.79 Å². The summed E-state index contributed by atoms with van der Waals surface area (Å²) >= 11 is 0. The number of unbranched alkanes of at least 4 members (excludes halogenated alkanes) is 1. The highest BCUT2D eigenvalue weighted by molar-refractivity contribution is 5.74. The number of carbonyl (C=O) groups excluding carboxylic acids is 1. The summed E-state index contributed by atoms with van der Waals surface area (Å²) in [7, 11) is 0. The second-order valence-corrected chi connectivity index (χ2v) is 2.88. The number of urea groups is 1. The Bertz CT molecular complexity index is 184. The fourth-order valence-electron chi connectivity index (χ4n) is 0.850. The number of terminal acetylenes is 1. The topological polar surface area (TPSA) is 41.1 Å². The van der Waals surface area contributed by atoms with Crippen LogP contribution >= 0.6 is 0 Å². The van der Waals surface area contributed by atoms with Crippen molar-refractivity contribution in [1.82, 2.24) is 10.6 Å². The molecule has 1 atom stereocenters. The minimum Gasteiger partial charge on any atom is -0.338 e. The first-order chi connectivity index (χ1) is 6.24. The van der Waals surface area contributed by atoms with Gasteiger partial charge in [-0.15, -0.1) is 6.42 Å². The Hall–Kier alpha value is -1.17. The van der Waals surface area contributed by atoms with Crippen LogP contribution in [0.2, 0.25) is 0 Å². The Morgan fingerprint density at radius 2 is 2.23 bits per heavy atom. The van der Waals surface area contributed by atoms with Gasteiger partial charge in [-0.2, -0.15) is 0 Å². The van der Waals surface area contributed by atoms with Gasteiger partial charge in [-0.1, -0.05) is 26.2 Å². The van der Waals surface area contributed by atoms with Crippen molar-refractivity contribution in [3.63, 3.8) is 0 Å². The molecule has 1 unspecified atom stereocenters. The molecule has 0 aromatic rings. The summed E-state index contributed by atoms with van der Waals surface area (Å²) in [6, 6.07) is -0.320. The van der Waals surface area contributed by atoms with Crippen LogP contribution in [0.25, 0.3) is 0 Å². The van der Waals surface area contributed by atoms with Crippen LogP contribution in [0.3, 0.4) is 0 Å². The zero-order chi connectivity index (χ0) is 10.1. The minimum absolute atomic E-state index is 0.151. The lowest BCUT2D eigenvalue weighted by atomic mass is 10.2. The smallest absolute Gasteiger partial charge is 0.315 e. The van der Waals surface area contributed by atoms with Crippen LogP contribution in [0, 0.1) is 12.3 Å². The van der Waals surface area contributed by atoms with Crippen molar-refractivity contribution in [1.29, 1.82) is 0 Å². The maximum atomic E-state index is 11.1. The van der Waals surface area contributed by atoms with E-state index in [-0.39, 0.29) is 12.1 Å². The summed E-state index contributed by atoms with van der Waals surface area (Å²) in [5, 5.41) is 5.43. The second kappa shape index (κ2) is 7.48. The van der Waals surface area contributed by atoms with Gasteiger partial charge in [-0.25, -0.2) is 4.79 Å². The van der Waals surface area contributed by atoms with E-state index in [1.807, 2.05) is 6.92 Å². The van der Waals surface area contributed by atoms with Gasteiger partial charge < -0.3 is 10.6 Å². The highest BCUT2D eigenvalue weighted by Gasteiger charge is 2.04. The van der Waals surface area contributed by atoms with Crippen molar-refractivity contribution >= 4 is 6.03 Å². The van der Waals surface area contributed by atoms with Crippen LogP contribution in [0.15, 0.2) is 0 Å². The number of carbonyl (C=O) groups is 1. The number of amides is 2. The molecule has 0 radical (unpaired) electrons. The predicted octanol–water partition coefficient (Wildman–Crippen LogP) is 1.50. The molecule has 0 heterocycles. The maximum absolute atomic E-state index is 11.1. The molecule has 2 N–H and O–H groups in total. The average Bonchev–Trinajstić information content (AvgIpc) is 2.14. The molecule has 2 amide bonds. The van der Waals surface area contributed by atoms with Crippen molar-refractivity contribution in [3.05, 3.63) is 0 Å². The van der Waals surface area contributed by atoms with E-state index in [4.69, 9.17) is 6.42 Å². The van der Waals surface area contributed by atoms with Gasteiger partial charge in [-0.3, -0.25) is 0 Å². The number of hydrogen-bond acceptors (Lipinski definition) is 1. The van der Waals surface area contributed by atoms with Crippen LogP contribution in [0.1, 0.15) is 33.1 Å². The summed E-state index contributed by atoms with van der Waals surface area (Å²) < 4.78 is 0. The summed E-state index contributed by atoms with van der Waals surface area (Å²) in [6.45, 7) is 4.73. The lowest BCUT2D eigenvalue weighted by molar-refractivity contribution is 0.239. The lowest BCUT2D eigenvalue weighted by Crippen LogP contribution is -2.41. The Morgan fingerprint density at radius 3 is 2.69 bits per heavy atom. The van der Waals surface area contributed by atoms with Gasteiger partial charge in [0.2, 0.25) is 0 Å². The molecular weight excluding hydrogens is 164 g/mol. The van der Waals surface area contributed by atoms with Crippen molar-refractivity contribution in [2.45, 2.75) is 39.2 Å². The summed E-state index contributed by atoms with van der Waals surface area (Å²) in [6.07, 6.45) is 8.03. The molecule has 0 rings (SSSR count). The fraction of sp³-hybridized carbons (Fsp3) is 0.700. The molecule has 74 valence electrons. The summed E-state index contributed by atoms with van der Waals surface area (Å²) in [5.74, 6) is 2.50. The van der Waals surface area contributed by atoms with Gasteiger partial charge in [0.15, 0.2) is 0 Å². The molecule has 0 aromatic heterocycles. The normalized spacial score (nSPS) is 11.5. The summed E-state index contributed by atoms with van der Waals surface area (Å²) in [5.41, 5.74) is 0. The van der Waals surface area contributed by atoms with Gasteiger partial charge in [-0.05, 0) is 12.8 Å². The van der Waals surface area contributed by atoms with E-state index < -0.39 is 0 Å². The Morgan fingerprint density at radius 1 is 1.54 bits per heavy atom. The fourth-order valence-corrected chi connectivity index (χ4v) is 0.850. The van der Waals surface area contributed by atoms with Crippen molar-refractivity contribution in [2.75, 3.05) is 6.54 Å². The zero-order valence-electron chi connectivity index (χ0n) is 8.39. The zero-order valence-corrected chi connectivity index (χ0v) is 8.39. The van der Waals surface area contributed by atoms with E-state index in [0.717, 1.165) is 19.3 Å². The average molecular weight is 182 g/mol. The molecular formula is C10H18N2O.